The highest BCUT2D eigenvalue weighted by molar-refractivity contribution is 9.10. The molecule has 2 N–H and O–H groups in total. The summed E-state index contributed by atoms with van der Waals surface area (Å²) in [6, 6.07) is 10.8. The zero-order valence-electron chi connectivity index (χ0n) is 15.1. The molecule has 8 heteroatoms. The maximum absolute atomic E-state index is 13.7. The summed E-state index contributed by atoms with van der Waals surface area (Å²) in [5, 5.41) is 0. The lowest BCUT2D eigenvalue weighted by Gasteiger charge is -2.14. The van der Waals surface area contributed by atoms with E-state index in [1.54, 1.807) is 6.92 Å². The van der Waals surface area contributed by atoms with E-state index in [1.165, 1.54) is 10.6 Å². The normalized spacial score (nSPS) is 10.9. The molecule has 0 aliphatic carbocycles. The van der Waals surface area contributed by atoms with Gasteiger partial charge in [-0.1, -0.05) is 24.3 Å². The third-order valence-corrected chi connectivity index (χ3v) is 4.93. The maximum atomic E-state index is 13.7. The van der Waals surface area contributed by atoms with E-state index in [1.807, 2.05) is 24.3 Å². The van der Waals surface area contributed by atoms with E-state index >= 15 is 0 Å². The number of benzene rings is 2. The van der Waals surface area contributed by atoms with Crippen LogP contribution in [0.25, 0.3) is 0 Å². The van der Waals surface area contributed by atoms with Crippen LogP contribution in [-0.4, -0.2) is 9.55 Å². The summed E-state index contributed by atoms with van der Waals surface area (Å²) in [5.74, 6) is -0.882. The second-order valence-corrected chi connectivity index (χ2v) is 7.01. The Kier molecular flexibility index (Phi) is 6.21. The second-order valence-electron chi connectivity index (χ2n) is 6.21. The quantitative estimate of drug-likeness (QED) is 0.622. The summed E-state index contributed by atoms with van der Waals surface area (Å²) < 4.78 is 33.9. The van der Waals surface area contributed by atoms with E-state index in [0.29, 0.717) is 18.9 Å². The highest BCUT2D eigenvalue weighted by Crippen LogP contribution is 2.21. The van der Waals surface area contributed by atoms with Crippen molar-refractivity contribution in [2.45, 2.75) is 26.6 Å². The standard InChI is InChI=1S/C20H18BrF2N3O2/c1-12-25-19(28-11-15-6-7-16(22)8-17(15)23)18(21)20(27)26(12)10-14-4-2-13(9-24)3-5-14/h2-8H,9-11,24H2,1H3. The van der Waals surface area contributed by atoms with E-state index in [2.05, 4.69) is 20.9 Å². The monoisotopic (exact) mass is 449 g/mol. The lowest BCUT2D eigenvalue weighted by molar-refractivity contribution is 0.282. The molecule has 3 aromatic rings. The van der Waals surface area contributed by atoms with Gasteiger partial charge in [0.05, 0.1) is 6.54 Å². The van der Waals surface area contributed by atoms with Crippen LogP contribution in [0.2, 0.25) is 0 Å². The zero-order chi connectivity index (χ0) is 20.3. The van der Waals surface area contributed by atoms with E-state index < -0.39 is 11.6 Å². The predicted octanol–water partition coefficient (Wildman–Crippen LogP) is 3.68. The van der Waals surface area contributed by atoms with Crippen LogP contribution in [-0.2, 0) is 19.7 Å². The molecular formula is C20H18BrF2N3O2. The van der Waals surface area contributed by atoms with Crippen molar-refractivity contribution in [2.24, 2.45) is 5.73 Å². The van der Waals surface area contributed by atoms with Gasteiger partial charge in [0, 0.05) is 18.2 Å². The topological polar surface area (TPSA) is 70.1 Å². The van der Waals surface area contributed by atoms with Crippen molar-refractivity contribution < 1.29 is 13.5 Å². The van der Waals surface area contributed by atoms with E-state index in [9.17, 15) is 13.6 Å². The van der Waals surface area contributed by atoms with Crippen LogP contribution in [0.3, 0.4) is 0 Å². The second kappa shape index (κ2) is 8.62. The van der Waals surface area contributed by atoms with E-state index in [4.69, 9.17) is 10.5 Å². The Morgan fingerprint density at radius 3 is 2.46 bits per heavy atom. The molecule has 1 aromatic heterocycles. The van der Waals surface area contributed by atoms with Gasteiger partial charge in [-0.3, -0.25) is 9.36 Å². The number of hydrogen-bond donors (Lipinski definition) is 1. The molecule has 0 fully saturated rings. The van der Waals surface area contributed by atoms with Crippen LogP contribution in [0.5, 0.6) is 5.88 Å². The SMILES string of the molecule is Cc1nc(OCc2ccc(F)cc2F)c(Br)c(=O)n1Cc1ccc(CN)cc1. The molecule has 0 atom stereocenters. The molecule has 28 heavy (non-hydrogen) atoms. The Labute approximate surface area is 168 Å². The minimum atomic E-state index is -0.720. The smallest absolute Gasteiger partial charge is 0.272 e. The summed E-state index contributed by atoms with van der Waals surface area (Å²) in [6.07, 6.45) is 0. The molecule has 0 aliphatic rings. The predicted molar refractivity (Wildman–Crippen MR) is 105 cm³/mol. The van der Waals surface area contributed by atoms with Gasteiger partial charge >= 0.3 is 0 Å². The first kappa shape index (κ1) is 20.2. The average molecular weight is 450 g/mol. The fraction of sp³-hybridized carbons (Fsp3) is 0.200. The lowest BCUT2D eigenvalue weighted by atomic mass is 10.1. The van der Waals surface area contributed by atoms with E-state index in [0.717, 1.165) is 23.3 Å². The number of aromatic nitrogens is 2. The van der Waals surface area contributed by atoms with Gasteiger partial charge in [0.25, 0.3) is 5.56 Å². The van der Waals surface area contributed by atoms with Gasteiger partial charge in [-0.15, -0.1) is 0 Å². The number of nitrogens with two attached hydrogens (primary N) is 1. The summed E-state index contributed by atoms with van der Waals surface area (Å²) >= 11 is 3.21. The van der Waals surface area contributed by atoms with Gasteiger partial charge in [0.15, 0.2) is 0 Å². The number of nitrogens with zero attached hydrogens (tertiary/aromatic N) is 2. The first-order chi connectivity index (χ1) is 13.4. The minimum absolute atomic E-state index is 0.0564. The highest BCUT2D eigenvalue weighted by Gasteiger charge is 2.15. The van der Waals surface area contributed by atoms with Gasteiger partial charge in [0.1, 0.15) is 28.5 Å². The van der Waals surface area contributed by atoms with Crippen molar-refractivity contribution in [3.8, 4) is 5.88 Å². The van der Waals surface area contributed by atoms with Crippen molar-refractivity contribution in [3.05, 3.63) is 91.4 Å². The van der Waals surface area contributed by atoms with Crippen LogP contribution >= 0.6 is 15.9 Å². The van der Waals surface area contributed by atoms with Crippen LogP contribution in [0.15, 0.2) is 51.7 Å². The highest BCUT2D eigenvalue weighted by atomic mass is 79.9. The molecule has 0 spiro atoms. The maximum Gasteiger partial charge on any atom is 0.272 e. The van der Waals surface area contributed by atoms with E-state index in [-0.39, 0.29) is 28.1 Å². The van der Waals surface area contributed by atoms with Gasteiger partial charge < -0.3 is 10.5 Å². The van der Waals surface area contributed by atoms with Crippen molar-refractivity contribution in [2.75, 3.05) is 0 Å². The molecule has 146 valence electrons. The average Bonchev–Trinajstić information content (AvgIpc) is 2.68. The molecular weight excluding hydrogens is 432 g/mol. The molecule has 0 saturated carbocycles. The molecule has 0 radical (unpaired) electrons. The Hall–Kier alpha value is -2.58. The fourth-order valence-electron chi connectivity index (χ4n) is 2.64. The fourth-order valence-corrected chi connectivity index (χ4v) is 3.06. The molecule has 0 amide bonds. The van der Waals surface area contributed by atoms with Crippen molar-refractivity contribution in [1.82, 2.24) is 9.55 Å². The number of ether oxygens (including phenoxy) is 1. The Bertz CT molecular complexity index is 1050. The zero-order valence-corrected chi connectivity index (χ0v) is 16.7. The summed E-state index contributed by atoms with van der Waals surface area (Å²) in [4.78, 5) is 17.0. The first-order valence-corrected chi connectivity index (χ1v) is 9.30. The van der Waals surface area contributed by atoms with Gasteiger partial charge in [0.2, 0.25) is 5.88 Å². The Balaban J connectivity index is 1.82. The van der Waals surface area contributed by atoms with Gasteiger partial charge in [-0.2, -0.15) is 4.98 Å². The van der Waals surface area contributed by atoms with Crippen LogP contribution in [0.4, 0.5) is 8.78 Å². The van der Waals surface area contributed by atoms with Crippen LogP contribution in [0, 0.1) is 18.6 Å². The number of halogens is 3. The molecule has 0 aliphatic heterocycles. The van der Waals surface area contributed by atoms with Crippen molar-refractivity contribution in [1.29, 1.82) is 0 Å². The third kappa shape index (κ3) is 4.45. The summed E-state index contributed by atoms with van der Waals surface area (Å²) in [7, 11) is 0. The molecule has 3 rings (SSSR count). The molecule has 0 unspecified atom stereocenters. The Morgan fingerprint density at radius 1 is 1.14 bits per heavy atom. The Morgan fingerprint density at radius 2 is 1.82 bits per heavy atom. The summed E-state index contributed by atoms with van der Waals surface area (Å²) in [6.45, 7) is 2.30. The lowest BCUT2D eigenvalue weighted by Crippen LogP contribution is -2.25. The number of hydrogen-bond acceptors (Lipinski definition) is 4. The largest absolute Gasteiger partial charge is 0.472 e. The van der Waals surface area contributed by atoms with Crippen LogP contribution in [0.1, 0.15) is 22.5 Å². The van der Waals surface area contributed by atoms with Gasteiger partial charge in [-0.25, -0.2) is 8.78 Å². The van der Waals surface area contributed by atoms with Crippen molar-refractivity contribution in [3.63, 3.8) is 0 Å². The molecule has 5 nitrogen and oxygen atoms in total. The molecule has 0 saturated heterocycles. The minimum Gasteiger partial charge on any atom is -0.472 e. The summed E-state index contributed by atoms with van der Waals surface area (Å²) in [5.41, 5.74) is 7.38. The first-order valence-electron chi connectivity index (χ1n) is 8.50. The molecule has 0 bridgehead atoms. The molecule has 2 aromatic carbocycles. The third-order valence-electron chi connectivity index (χ3n) is 4.25. The number of aryl methyl sites for hydroxylation is 1. The van der Waals surface area contributed by atoms with Crippen molar-refractivity contribution >= 4 is 15.9 Å². The molecule has 1 heterocycles. The van der Waals surface area contributed by atoms with Gasteiger partial charge in [-0.05, 0) is 46.1 Å². The number of rotatable bonds is 6. The van der Waals surface area contributed by atoms with Crippen LogP contribution < -0.4 is 16.0 Å².